The lowest BCUT2D eigenvalue weighted by molar-refractivity contribution is 0.512. The summed E-state index contributed by atoms with van der Waals surface area (Å²) in [6.07, 6.45) is -0.448. The van der Waals surface area contributed by atoms with Gasteiger partial charge in [-0.25, -0.2) is 0 Å². The fourth-order valence-electron chi connectivity index (χ4n) is 0.308. The molecule has 0 aliphatic heterocycles. The van der Waals surface area contributed by atoms with E-state index in [1.807, 2.05) is 13.8 Å². The average molecular weight is 188 g/mol. The minimum atomic E-state index is -1.43. The lowest BCUT2D eigenvalue weighted by atomic mass is 10.1. The van der Waals surface area contributed by atoms with Crippen LogP contribution in [0.25, 0.3) is 0 Å². The van der Waals surface area contributed by atoms with E-state index in [0.717, 1.165) is 6.42 Å². The fraction of sp³-hybridized carbons (Fsp3) is 1.00. The smallest absolute Gasteiger partial charge is 0.125 e. The van der Waals surface area contributed by atoms with Crippen molar-refractivity contribution >= 4 is 28.9 Å². The molecule has 0 heterocycles. The van der Waals surface area contributed by atoms with Gasteiger partial charge in [0.2, 0.25) is 0 Å². The van der Waals surface area contributed by atoms with E-state index in [4.69, 9.17) is 22.5 Å². The van der Waals surface area contributed by atoms with Gasteiger partial charge < -0.3 is 0 Å². The minimum Gasteiger partial charge on any atom is -0.270 e. The zero-order valence-electron chi connectivity index (χ0n) is 5.91. The van der Waals surface area contributed by atoms with E-state index in [1.165, 1.54) is 0 Å². The van der Waals surface area contributed by atoms with E-state index in [0.29, 0.717) is 0 Å². The number of hydrogen-bond acceptors (Lipinski definition) is 1. The van der Waals surface area contributed by atoms with Crippen LogP contribution in [0.15, 0.2) is 4.74 Å². The topological polar surface area (TPSA) is 12.4 Å². The van der Waals surface area contributed by atoms with Crippen molar-refractivity contribution in [2.24, 2.45) is 4.74 Å². The van der Waals surface area contributed by atoms with Crippen LogP contribution in [-0.2, 0) is 0 Å². The molecule has 0 saturated heterocycles. The van der Waals surface area contributed by atoms with E-state index < -0.39 is 6.42 Å². The van der Waals surface area contributed by atoms with E-state index in [2.05, 4.69) is 11.7 Å². The van der Waals surface area contributed by atoms with Crippen molar-refractivity contribution in [3.8, 4) is 0 Å². The Balaban J connectivity index is 4.01. The van der Waals surface area contributed by atoms with Gasteiger partial charge >= 0.3 is 0 Å². The first kappa shape index (κ1) is 9.81. The highest BCUT2D eigenvalue weighted by Gasteiger charge is 2.11. The molecule has 0 bridgehead atoms. The number of hydrogen-bond donors (Lipinski definition) is 0. The Morgan fingerprint density at radius 1 is 1.44 bits per heavy atom. The molecule has 0 amide bonds. The molecule has 0 aromatic rings. The molecule has 0 rings (SSSR count). The maximum Gasteiger partial charge on any atom is 0.125 e. The molecule has 0 aliphatic carbocycles. The molecule has 56 valence electrons. The summed E-state index contributed by atoms with van der Waals surface area (Å²) in [5, 5.41) is 0. The van der Waals surface area contributed by atoms with E-state index in [-0.39, 0.29) is 5.54 Å². The van der Waals surface area contributed by atoms with Crippen LogP contribution in [0.5, 0.6) is 0 Å². The van der Waals surface area contributed by atoms with Gasteiger partial charge in [0, 0.05) is 0 Å². The van der Waals surface area contributed by atoms with Gasteiger partial charge in [-0.1, -0.05) is 29.4 Å². The van der Waals surface area contributed by atoms with Crippen molar-refractivity contribution in [3.63, 3.8) is 0 Å². The molecule has 0 radical (unpaired) electrons. The Bertz CT molecular complexity index is 118. The van der Waals surface area contributed by atoms with Crippen molar-refractivity contribution in [1.82, 2.24) is 0 Å². The third-order valence-corrected chi connectivity index (χ3v) is 2.53. The number of nitrogens with zero attached hydrogens (tertiary/aromatic N) is 1. The summed E-state index contributed by atoms with van der Waals surface area (Å²) in [6, 6.07) is 0. The predicted molar refractivity (Wildman–Crippen MR) is 46.8 cm³/mol. The second-order valence-electron chi connectivity index (χ2n) is 2.52. The summed E-state index contributed by atoms with van der Waals surface area (Å²) >= 11 is 11.1. The SMILES string of the molecule is CCC(C)(C)N=[PH](Cl)Cl. The molecule has 0 aliphatic rings. The zero-order valence-corrected chi connectivity index (χ0v) is 8.42. The minimum absolute atomic E-state index is 0.0300. The molecule has 4 heteroatoms. The lowest BCUT2D eigenvalue weighted by Crippen LogP contribution is -2.12. The van der Waals surface area contributed by atoms with Crippen LogP contribution < -0.4 is 0 Å². The second kappa shape index (κ2) is 3.85. The average Bonchev–Trinajstić information content (AvgIpc) is 1.63. The highest BCUT2D eigenvalue weighted by molar-refractivity contribution is 7.96. The maximum atomic E-state index is 5.54. The van der Waals surface area contributed by atoms with E-state index in [9.17, 15) is 0 Å². The van der Waals surface area contributed by atoms with Crippen LogP contribution in [0.2, 0.25) is 0 Å². The van der Waals surface area contributed by atoms with Crippen LogP contribution in [0.4, 0.5) is 0 Å². The summed E-state index contributed by atoms with van der Waals surface area (Å²) in [5.74, 6) is 0. The van der Waals surface area contributed by atoms with Crippen molar-refractivity contribution in [2.75, 3.05) is 0 Å². The van der Waals surface area contributed by atoms with Crippen LogP contribution >= 0.6 is 28.9 Å². The Morgan fingerprint density at radius 3 is 2.00 bits per heavy atom. The Morgan fingerprint density at radius 2 is 1.89 bits per heavy atom. The molecule has 0 N–H and O–H groups in total. The molecule has 0 atom stereocenters. The molecular formula is C5H12Cl2NP. The molecule has 0 saturated carbocycles. The quantitative estimate of drug-likeness (QED) is 0.583. The van der Waals surface area contributed by atoms with Crippen molar-refractivity contribution < 1.29 is 0 Å². The standard InChI is InChI=1S/C5H12Cl2NP/c1-4-5(2,3)8-9(6)7/h9H,4H2,1-3H3. The molecule has 1 nitrogen and oxygen atoms in total. The third-order valence-electron chi connectivity index (χ3n) is 1.25. The molecule has 0 aromatic carbocycles. The summed E-state index contributed by atoms with van der Waals surface area (Å²) < 4.78 is 4.16. The molecule has 9 heavy (non-hydrogen) atoms. The largest absolute Gasteiger partial charge is 0.270 e. The van der Waals surface area contributed by atoms with Gasteiger partial charge in [0.25, 0.3) is 0 Å². The molecule has 0 aromatic heterocycles. The summed E-state index contributed by atoms with van der Waals surface area (Å²) in [5.41, 5.74) is -0.0300. The summed E-state index contributed by atoms with van der Waals surface area (Å²) in [6.45, 7) is 6.13. The zero-order chi connectivity index (χ0) is 7.49. The highest BCUT2D eigenvalue weighted by Crippen LogP contribution is 2.40. The fourth-order valence-corrected chi connectivity index (χ4v) is 2.30. The Kier molecular flexibility index (Phi) is 4.20. The van der Waals surface area contributed by atoms with Crippen molar-refractivity contribution in [1.29, 1.82) is 0 Å². The van der Waals surface area contributed by atoms with Gasteiger partial charge in [0.05, 0.1) is 5.54 Å². The first-order valence-electron chi connectivity index (χ1n) is 2.89. The van der Waals surface area contributed by atoms with Gasteiger partial charge in [-0.05, 0) is 20.3 Å². The predicted octanol–water partition coefficient (Wildman–Crippen LogP) is 3.88. The maximum absolute atomic E-state index is 5.54. The molecule has 0 unspecified atom stereocenters. The van der Waals surface area contributed by atoms with Crippen LogP contribution in [-0.4, -0.2) is 5.54 Å². The van der Waals surface area contributed by atoms with E-state index in [1.54, 1.807) is 0 Å². The first-order valence-corrected chi connectivity index (χ1v) is 6.36. The second-order valence-corrected chi connectivity index (χ2v) is 5.95. The van der Waals surface area contributed by atoms with Gasteiger partial charge in [-0.3, -0.25) is 4.74 Å². The first-order chi connectivity index (χ1) is 3.98. The highest BCUT2D eigenvalue weighted by atomic mass is 35.9. The normalized spacial score (nSPS) is 12.2. The number of halogens is 2. The summed E-state index contributed by atoms with van der Waals surface area (Å²) in [7, 11) is 0. The van der Waals surface area contributed by atoms with Crippen LogP contribution in [0, 0.1) is 0 Å². The molecule has 0 spiro atoms. The van der Waals surface area contributed by atoms with Gasteiger partial charge in [-0.15, -0.1) is 0 Å². The van der Waals surface area contributed by atoms with Crippen LogP contribution in [0.1, 0.15) is 27.2 Å². The van der Waals surface area contributed by atoms with Gasteiger partial charge in [-0.2, -0.15) is 0 Å². The Hall–Kier alpha value is 0.810. The van der Waals surface area contributed by atoms with Crippen molar-refractivity contribution in [2.45, 2.75) is 32.7 Å². The molecule has 0 fully saturated rings. The molecular weight excluding hydrogens is 176 g/mol. The third kappa shape index (κ3) is 5.26. The Labute approximate surface area is 66.8 Å². The van der Waals surface area contributed by atoms with Crippen molar-refractivity contribution in [3.05, 3.63) is 0 Å². The van der Waals surface area contributed by atoms with E-state index >= 15 is 0 Å². The van der Waals surface area contributed by atoms with Gasteiger partial charge in [0.15, 0.2) is 0 Å². The van der Waals surface area contributed by atoms with Crippen LogP contribution in [0.3, 0.4) is 0 Å². The monoisotopic (exact) mass is 187 g/mol. The van der Waals surface area contributed by atoms with Gasteiger partial charge in [0.1, 0.15) is 6.42 Å². The summed E-state index contributed by atoms with van der Waals surface area (Å²) in [4.78, 5) is 0. The number of rotatable bonds is 2. The lowest BCUT2D eigenvalue weighted by Gasteiger charge is -2.16.